The van der Waals surface area contributed by atoms with Gasteiger partial charge in [0.1, 0.15) is 11.3 Å². The van der Waals surface area contributed by atoms with E-state index in [2.05, 4.69) is 21.0 Å². The van der Waals surface area contributed by atoms with Gasteiger partial charge in [0.05, 0.1) is 23.7 Å². The Kier molecular flexibility index (Phi) is 5.33. The first-order valence-corrected chi connectivity index (χ1v) is 10.9. The minimum absolute atomic E-state index is 0.274. The van der Waals surface area contributed by atoms with Gasteiger partial charge in [-0.1, -0.05) is 40.2 Å². The molecule has 6 nitrogen and oxygen atoms in total. The molecule has 7 heteroatoms. The van der Waals surface area contributed by atoms with Gasteiger partial charge in [-0.3, -0.25) is 4.79 Å². The van der Waals surface area contributed by atoms with E-state index >= 15 is 0 Å². The number of hydrogen-bond donors (Lipinski definition) is 0. The van der Waals surface area contributed by atoms with Crippen LogP contribution in [0.2, 0.25) is 0 Å². The van der Waals surface area contributed by atoms with E-state index in [1.54, 1.807) is 18.3 Å². The van der Waals surface area contributed by atoms with Crippen molar-refractivity contribution < 1.29 is 9.15 Å². The molecule has 0 atom stereocenters. The Morgan fingerprint density at radius 3 is 2.84 bits per heavy atom. The highest BCUT2D eigenvalue weighted by molar-refractivity contribution is 9.10. The van der Waals surface area contributed by atoms with Gasteiger partial charge in [0.25, 0.3) is 5.56 Å². The summed E-state index contributed by atoms with van der Waals surface area (Å²) in [6, 6.07) is 22.3. The van der Waals surface area contributed by atoms with Crippen molar-refractivity contribution in [2.45, 2.75) is 6.92 Å². The SMILES string of the molecule is CCOc1cccc(C=Nn2c(-c3cc4cc(Br)ccc4o3)nc3ccccc3c2=O)c1. The molecule has 0 aliphatic rings. The fourth-order valence-corrected chi connectivity index (χ4v) is 3.87. The molecular weight excluding hydrogens is 470 g/mol. The van der Waals surface area contributed by atoms with Crippen LogP contribution in [-0.2, 0) is 0 Å². The standard InChI is InChI=1S/C25H18BrN3O3/c1-2-31-19-7-5-6-16(12-19)15-27-29-24(28-21-9-4-3-8-20(21)25(29)30)23-14-17-13-18(26)10-11-22(17)32-23/h3-15H,2H2,1H3. The van der Waals surface area contributed by atoms with Crippen LogP contribution in [0.1, 0.15) is 12.5 Å². The number of ether oxygens (including phenoxy) is 1. The lowest BCUT2D eigenvalue weighted by atomic mass is 10.2. The predicted molar refractivity (Wildman–Crippen MR) is 130 cm³/mol. The second-order valence-corrected chi connectivity index (χ2v) is 8.03. The lowest BCUT2D eigenvalue weighted by Crippen LogP contribution is -2.20. The number of nitrogens with zero attached hydrogens (tertiary/aromatic N) is 3. The van der Waals surface area contributed by atoms with Gasteiger partial charge in [-0.05, 0) is 61.0 Å². The molecule has 32 heavy (non-hydrogen) atoms. The van der Waals surface area contributed by atoms with Crippen molar-refractivity contribution in [1.29, 1.82) is 0 Å². The van der Waals surface area contributed by atoms with Crippen LogP contribution in [0.5, 0.6) is 5.75 Å². The Labute approximate surface area is 191 Å². The van der Waals surface area contributed by atoms with Crippen LogP contribution in [0, 0.1) is 0 Å². The van der Waals surface area contributed by atoms with Gasteiger partial charge in [0.15, 0.2) is 5.76 Å². The summed E-state index contributed by atoms with van der Waals surface area (Å²) in [4.78, 5) is 18.0. The number of benzene rings is 3. The third-order valence-corrected chi connectivity index (χ3v) is 5.44. The third-order valence-electron chi connectivity index (χ3n) is 4.94. The van der Waals surface area contributed by atoms with Crippen molar-refractivity contribution >= 4 is 44.0 Å². The van der Waals surface area contributed by atoms with Crippen molar-refractivity contribution in [3.63, 3.8) is 0 Å². The Balaban J connectivity index is 1.69. The van der Waals surface area contributed by atoms with Crippen LogP contribution < -0.4 is 10.3 Å². The van der Waals surface area contributed by atoms with E-state index in [0.717, 1.165) is 21.2 Å². The zero-order valence-electron chi connectivity index (χ0n) is 17.2. The quantitative estimate of drug-likeness (QED) is 0.291. The maximum Gasteiger partial charge on any atom is 0.282 e. The summed E-state index contributed by atoms with van der Waals surface area (Å²) >= 11 is 3.48. The zero-order chi connectivity index (χ0) is 22.1. The number of halogens is 1. The van der Waals surface area contributed by atoms with Crippen molar-refractivity contribution in [1.82, 2.24) is 9.66 Å². The fourth-order valence-electron chi connectivity index (χ4n) is 3.49. The molecule has 0 amide bonds. The van der Waals surface area contributed by atoms with Crippen molar-refractivity contribution in [3.8, 4) is 17.3 Å². The lowest BCUT2D eigenvalue weighted by Gasteiger charge is -2.07. The summed E-state index contributed by atoms with van der Waals surface area (Å²) in [6.45, 7) is 2.50. The molecule has 3 aromatic carbocycles. The molecule has 0 spiro atoms. The van der Waals surface area contributed by atoms with Crippen LogP contribution in [0.15, 0.2) is 91.6 Å². The van der Waals surface area contributed by atoms with Gasteiger partial charge in [-0.15, -0.1) is 0 Å². The minimum atomic E-state index is -0.274. The number of para-hydroxylation sites is 1. The molecule has 0 N–H and O–H groups in total. The summed E-state index contributed by atoms with van der Waals surface area (Å²) in [5.41, 5.74) is 1.81. The third kappa shape index (κ3) is 3.83. The molecule has 0 saturated carbocycles. The number of aromatic nitrogens is 2. The van der Waals surface area contributed by atoms with E-state index in [-0.39, 0.29) is 5.56 Å². The number of furan rings is 1. The molecule has 158 valence electrons. The minimum Gasteiger partial charge on any atom is -0.494 e. The maximum atomic E-state index is 13.3. The molecule has 0 bridgehead atoms. The Bertz CT molecular complexity index is 1540. The average molecular weight is 488 g/mol. The van der Waals surface area contributed by atoms with Crippen LogP contribution in [0.4, 0.5) is 0 Å². The van der Waals surface area contributed by atoms with E-state index in [1.165, 1.54) is 4.68 Å². The van der Waals surface area contributed by atoms with Gasteiger partial charge < -0.3 is 9.15 Å². The summed E-state index contributed by atoms with van der Waals surface area (Å²) in [6.07, 6.45) is 1.61. The van der Waals surface area contributed by atoms with Crippen LogP contribution in [0.25, 0.3) is 33.5 Å². The average Bonchev–Trinajstić information content (AvgIpc) is 3.22. The molecule has 0 unspecified atom stereocenters. The second-order valence-electron chi connectivity index (χ2n) is 7.11. The van der Waals surface area contributed by atoms with Crippen molar-refractivity contribution in [3.05, 3.63) is 93.2 Å². The Hall–Kier alpha value is -3.71. The van der Waals surface area contributed by atoms with Gasteiger partial charge in [-0.25, -0.2) is 4.98 Å². The molecule has 2 heterocycles. The second kappa shape index (κ2) is 8.43. The van der Waals surface area contributed by atoms with Gasteiger partial charge >= 0.3 is 0 Å². The van der Waals surface area contributed by atoms with Gasteiger partial charge in [-0.2, -0.15) is 9.78 Å². The lowest BCUT2D eigenvalue weighted by molar-refractivity contribution is 0.340. The fraction of sp³-hybridized carbons (Fsp3) is 0.0800. The van der Waals surface area contributed by atoms with E-state index in [9.17, 15) is 4.79 Å². The number of hydrogen-bond acceptors (Lipinski definition) is 5. The maximum absolute atomic E-state index is 13.3. The van der Waals surface area contributed by atoms with Crippen LogP contribution in [-0.4, -0.2) is 22.5 Å². The van der Waals surface area contributed by atoms with Crippen molar-refractivity contribution in [2.75, 3.05) is 6.61 Å². The molecule has 0 aliphatic carbocycles. The zero-order valence-corrected chi connectivity index (χ0v) is 18.7. The topological polar surface area (TPSA) is 69.6 Å². The highest BCUT2D eigenvalue weighted by Crippen LogP contribution is 2.29. The van der Waals surface area contributed by atoms with E-state index in [1.807, 2.05) is 67.6 Å². The van der Waals surface area contributed by atoms with Crippen molar-refractivity contribution in [2.24, 2.45) is 5.10 Å². The first-order valence-electron chi connectivity index (χ1n) is 10.1. The van der Waals surface area contributed by atoms with E-state index < -0.39 is 0 Å². The number of rotatable bonds is 5. The summed E-state index contributed by atoms with van der Waals surface area (Å²) in [5.74, 6) is 1.53. The Morgan fingerprint density at radius 2 is 1.97 bits per heavy atom. The monoisotopic (exact) mass is 487 g/mol. The molecule has 5 aromatic rings. The highest BCUT2D eigenvalue weighted by Gasteiger charge is 2.16. The first kappa shape index (κ1) is 20.2. The smallest absolute Gasteiger partial charge is 0.282 e. The molecule has 0 fully saturated rings. The summed E-state index contributed by atoms with van der Waals surface area (Å²) in [5, 5.41) is 5.86. The summed E-state index contributed by atoms with van der Waals surface area (Å²) in [7, 11) is 0. The summed E-state index contributed by atoms with van der Waals surface area (Å²) < 4.78 is 13.8. The Morgan fingerprint density at radius 1 is 1.09 bits per heavy atom. The van der Waals surface area contributed by atoms with E-state index in [4.69, 9.17) is 14.1 Å². The van der Waals surface area contributed by atoms with Gasteiger partial charge in [0.2, 0.25) is 5.82 Å². The molecule has 0 aliphatic heterocycles. The predicted octanol–water partition coefficient (Wildman–Crippen LogP) is 5.85. The first-order chi connectivity index (χ1) is 15.6. The van der Waals surface area contributed by atoms with Crippen LogP contribution >= 0.6 is 15.9 Å². The molecular formula is C25H18BrN3O3. The largest absolute Gasteiger partial charge is 0.494 e. The number of fused-ring (bicyclic) bond motifs is 2. The van der Waals surface area contributed by atoms with E-state index in [0.29, 0.717) is 34.7 Å². The molecule has 2 aromatic heterocycles. The molecule has 0 radical (unpaired) electrons. The molecule has 0 saturated heterocycles. The highest BCUT2D eigenvalue weighted by atomic mass is 79.9. The molecule has 5 rings (SSSR count). The van der Waals surface area contributed by atoms with Gasteiger partial charge in [0, 0.05) is 9.86 Å². The van der Waals surface area contributed by atoms with Crippen LogP contribution in [0.3, 0.4) is 0 Å². The normalized spacial score (nSPS) is 11.6.